The molecule has 0 aromatic carbocycles. The van der Waals surface area contributed by atoms with Crippen LogP contribution in [0.15, 0.2) is 0 Å². The number of rotatable bonds is 5. The van der Waals surface area contributed by atoms with E-state index in [1.54, 1.807) is 0 Å². The van der Waals surface area contributed by atoms with Gasteiger partial charge >= 0.3 is 0 Å². The standard InChI is InChI=1S/C11H21NO2/c1-3-4-10-5-6-12-11(7-10)9(2)14-8-13/h8-12H,3-7H2,1-2H3. The van der Waals surface area contributed by atoms with E-state index in [9.17, 15) is 4.79 Å². The molecule has 0 bridgehead atoms. The molecule has 1 heterocycles. The molecule has 1 saturated heterocycles. The van der Waals surface area contributed by atoms with E-state index in [1.807, 2.05) is 6.92 Å². The quantitative estimate of drug-likeness (QED) is 0.685. The molecule has 3 heteroatoms. The van der Waals surface area contributed by atoms with Gasteiger partial charge in [0.15, 0.2) is 0 Å². The average Bonchev–Trinajstić information content (AvgIpc) is 2.19. The molecule has 3 nitrogen and oxygen atoms in total. The highest BCUT2D eigenvalue weighted by molar-refractivity contribution is 5.37. The van der Waals surface area contributed by atoms with E-state index in [0.717, 1.165) is 18.9 Å². The van der Waals surface area contributed by atoms with Crippen LogP contribution in [-0.4, -0.2) is 25.2 Å². The fourth-order valence-corrected chi connectivity index (χ4v) is 2.24. The minimum absolute atomic E-state index is 0.00663. The Kier molecular flexibility index (Phi) is 4.94. The van der Waals surface area contributed by atoms with E-state index in [4.69, 9.17) is 4.74 Å². The van der Waals surface area contributed by atoms with Crippen molar-refractivity contribution in [2.24, 2.45) is 5.92 Å². The maximum Gasteiger partial charge on any atom is 0.293 e. The first-order valence-corrected chi connectivity index (χ1v) is 5.60. The highest BCUT2D eigenvalue weighted by atomic mass is 16.5. The van der Waals surface area contributed by atoms with Gasteiger partial charge in [-0.2, -0.15) is 0 Å². The Morgan fingerprint density at radius 2 is 2.43 bits per heavy atom. The third-order valence-corrected chi connectivity index (χ3v) is 3.08. The molecule has 14 heavy (non-hydrogen) atoms. The summed E-state index contributed by atoms with van der Waals surface area (Å²) >= 11 is 0. The number of hydrogen-bond donors (Lipinski definition) is 1. The van der Waals surface area contributed by atoms with Gasteiger partial charge in [0, 0.05) is 6.04 Å². The predicted octanol–water partition coefficient (Wildman–Crippen LogP) is 1.72. The summed E-state index contributed by atoms with van der Waals surface area (Å²) in [4.78, 5) is 10.2. The van der Waals surface area contributed by atoms with Gasteiger partial charge in [-0.05, 0) is 32.2 Å². The van der Waals surface area contributed by atoms with Crippen LogP contribution in [0.25, 0.3) is 0 Å². The number of hydrogen-bond acceptors (Lipinski definition) is 3. The number of ether oxygens (including phenoxy) is 1. The normalized spacial score (nSPS) is 29.6. The van der Waals surface area contributed by atoms with Crippen molar-refractivity contribution in [1.29, 1.82) is 0 Å². The van der Waals surface area contributed by atoms with Crippen molar-refractivity contribution in [3.63, 3.8) is 0 Å². The van der Waals surface area contributed by atoms with Crippen LogP contribution in [0.2, 0.25) is 0 Å². The third-order valence-electron chi connectivity index (χ3n) is 3.08. The minimum atomic E-state index is 0.00663. The highest BCUT2D eigenvalue weighted by Crippen LogP contribution is 2.23. The number of carbonyl (C=O) groups is 1. The molecule has 3 atom stereocenters. The summed E-state index contributed by atoms with van der Waals surface area (Å²) in [7, 11) is 0. The Hall–Kier alpha value is -0.570. The molecule has 0 aromatic rings. The van der Waals surface area contributed by atoms with E-state index in [1.165, 1.54) is 19.3 Å². The summed E-state index contributed by atoms with van der Waals surface area (Å²) in [6, 6.07) is 0.352. The van der Waals surface area contributed by atoms with Crippen LogP contribution in [0.3, 0.4) is 0 Å². The summed E-state index contributed by atoms with van der Waals surface area (Å²) in [6.45, 7) is 5.79. The van der Waals surface area contributed by atoms with Crippen molar-refractivity contribution in [3.05, 3.63) is 0 Å². The molecule has 1 fully saturated rings. The zero-order valence-corrected chi connectivity index (χ0v) is 9.16. The van der Waals surface area contributed by atoms with Crippen LogP contribution in [0.4, 0.5) is 0 Å². The SMILES string of the molecule is CCCC1CCNC(C(C)OC=O)C1. The zero-order chi connectivity index (χ0) is 10.4. The van der Waals surface area contributed by atoms with E-state index in [0.29, 0.717) is 12.5 Å². The lowest BCUT2D eigenvalue weighted by Gasteiger charge is -2.33. The molecule has 0 radical (unpaired) electrons. The number of carbonyl (C=O) groups excluding carboxylic acids is 1. The summed E-state index contributed by atoms with van der Waals surface area (Å²) in [5.41, 5.74) is 0. The van der Waals surface area contributed by atoms with Crippen LogP contribution in [0.5, 0.6) is 0 Å². The van der Waals surface area contributed by atoms with E-state index >= 15 is 0 Å². The second kappa shape index (κ2) is 6.02. The van der Waals surface area contributed by atoms with Crippen molar-refractivity contribution in [2.45, 2.75) is 51.7 Å². The molecule has 0 spiro atoms. The molecule has 0 saturated carbocycles. The summed E-state index contributed by atoms with van der Waals surface area (Å²) in [6.07, 6.45) is 4.96. The molecule has 0 aromatic heterocycles. The summed E-state index contributed by atoms with van der Waals surface area (Å²) < 4.78 is 4.96. The van der Waals surface area contributed by atoms with Gasteiger partial charge in [0.25, 0.3) is 6.47 Å². The van der Waals surface area contributed by atoms with Crippen molar-refractivity contribution < 1.29 is 9.53 Å². The molecular weight excluding hydrogens is 178 g/mol. The maximum absolute atomic E-state index is 10.2. The molecule has 1 aliphatic rings. The largest absolute Gasteiger partial charge is 0.463 e. The molecule has 1 rings (SSSR count). The highest BCUT2D eigenvalue weighted by Gasteiger charge is 2.25. The second-order valence-corrected chi connectivity index (χ2v) is 4.18. The van der Waals surface area contributed by atoms with Crippen LogP contribution in [0, 0.1) is 5.92 Å². The molecule has 1 N–H and O–H groups in total. The van der Waals surface area contributed by atoms with Crippen molar-refractivity contribution in [2.75, 3.05) is 6.54 Å². The van der Waals surface area contributed by atoms with Crippen LogP contribution >= 0.6 is 0 Å². The Morgan fingerprint density at radius 3 is 3.07 bits per heavy atom. The van der Waals surface area contributed by atoms with Gasteiger partial charge < -0.3 is 10.1 Å². The predicted molar refractivity (Wildman–Crippen MR) is 56.0 cm³/mol. The van der Waals surface area contributed by atoms with Crippen LogP contribution in [0.1, 0.15) is 39.5 Å². The van der Waals surface area contributed by atoms with Gasteiger partial charge in [-0.1, -0.05) is 19.8 Å². The van der Waals surface area contributed by atoms with Gasteiger partial charge in [-0.3, -0.25) is 4.79 Å². The third kappa shape index (κ3) is 3.29. The van der Waals surface area contributed by atoms with Gasteiger partial charge in [0.05, 0.1) is 0 Å². The molecular formula is C11H21NO2. The number of piperidine rings is 1. The van der Waals surface area contributed by atoms with Gasteiger partial charge in [0.2, 0.25) is 0 Å². The Morgan fingerprint density at radius 1 is 1.64 bits per heavy atom. The fraction of sp³-hybridized carbons (Fsp3) is 0.909. The molecule has 0 amide bonds. The molecule has 0 aliphatic carbocycles. The van der Waals surface area contributed by atoms with Crippen molar-refractivity contribution in [3.8, 4) is 0 Å². The smallest absolute Gasteiger partial charge is 0.293 e. The first-order chi connectivity index (χ1) is 6.77. The van der Waals surface area contributed by atoms with Gasteiger partial charge in [-0.25, -0.2) is 0 Å². The lowest BCUT2D eigenvalue weighted by molar-refractivity contribution is -0.134. The Bertz CT molecular complexity index is 171. The second-order valence-electron chi connectivity index (χ2n) is 4.18. The van der Waals surface area contributed by atoms with Crippen molar-refractivity contribution >= 4 is 6.47 Å². The lowest BCUT2D eigenvalue weighted by Crippen LogP contribution is -2.45. The molecule has 1 aliphatic heterocycles. The van der Waals surface area contributed by atoms with Crippen LogP contribution in [-0.2, 0) is 9.53 Å². The molecule has 82 valence electrons. The maximum atomic E-state index is 10.2. The van der Waals surface area contributed by atoms with E-state index < -0.39 is 0 Å². The van der Waals surface area contributed by atoms with Crippen LogP contribution < -0.4 is 5.32 Å². The summed E-state index contributed by atoms with van der Waals surface area (Å²) in [5.74, 6) is 0.809. The zero-order valence-electron chi connectivity index (χ0n) is 9.16. The number of nitrogens with one attached hydrogen (secondary N) is 1. The average molecular weight is 199 g/mol. The van der Waals surface area contributed by atoms with Gasteiger partial charge in [0.1, 0.15) is 6.10 Å². The van der Waals surface area contributed by atoms with E-state index in [-0.39, 0.29) is 6.10 Å². The Balaban J connectivity index is 2.34. The topological polar surface area (TPSA) is 38.3 Å². The minimum Gasteiger partial charge on any atom is -0.463 e. The first-order valence-electron chi connectivity index (χ1n) is 5.60. The van der Waals surface area contributed by atoms with Crippen molar-refractivity contribution in [1.82, 2.24) is 5.32 Å². The summed E-state index contributed by atoms with van der Waals surface area (Å²) in [5, 5.41) is 3.41. The monoisotopic (exact) mass is 199 g/mol. The fourth-order valence-electron chi connectivity index (χ4n) is 2.24. The Labute approximate surface area is 86.2 Å². The van der Waals surface area contributed by atoms with E-state index in [2.05, 4.69) is 12.2 Å². The first kappa shape index (κ1) is 11.5. The lowest BCUT2D eigenvalue weighted by atomic mass is 9.87. The van der Waals surface area contributed by atoms with Gasteiger partial charge in [-0.15, -0.1) is 0 Å². The molecule has 3 unspecified atom stereocenters.